The number of carbonyl (C=O) groups excluding carboxylic acids is 1. The van der Waals surface area contributed by atoms with Crippen molar-refractivity contribution in [2.45, 2.75) is 77.1 Å². The Morgan fingerprint density at radius 1 is 1.33 bits per heavy atom. The number of allylic oxidation sites excluding steroid dienone is 1. The predicted octanol–water partition coefficient (Wildman–Crippen LogP) is 4.69. The van der Waals surface area contributed by atoms with Crippen LogP contribution >= 0.6 is 0 Å². The molecule has 0 bridgehead atoms. The third-order valence-electron chi connectivity index (χ3n) is 5.31. The minimum absolute atomic E-state index is 0.0897. The third-order valence-corrected chi connectivity index (χ3v) is 9.85. The van der Waals surface area contributed by atoms with E-state index in [-0.39, 0.29) is 22.5 Å². The predicted molar refractivity (Wildman–Crippen MR) is 89.8 cm³/mol. The monoisotopic (exact) mass is 312 g/mol. The molecule has 0 atom stereocenters. The third kappa shape index (κ3) is 4.19. The lowest BCUT2D eigenvalue weighted by atomic mass is 9.71. The Kier molecular flexibility index (Phi) is 5.84. The molecule has 0 heterocycles. The highest BCUT2D eigenvalue weighted by Gasteiger charge is 2.45. The van der Waals surface area contributed by atoms with E-state index < -0.39 is 8.32 Å². The summed E-state index contributed by atoms with van der Waals surface area (Å²) in [5.74, 6) is -0.0897. The highest BCUT2D eigenvalue weighted by Crippen LogP contribution is 2.44. The van der Waals surface area contributed by atoms with Crippen molar-refractivity contribution >= 4 is 14.3 Å². The molecule has 0 aromatic carbocycles. The summed E-state index contributed by atoms with van der Waals surface area (Å²) in [5, 5.41) is 0.227. The highest BCUT2D eigenvalue weighted by atomic mass is 28.4. The molecule has 0 aliphatic heterocycles. The molecule has 122 valence electrons. The van der Waals surface area contributed by atoms with Crippen molar-refractivity contribution in [1.29, 1.82) is 0 Å². The Bertz CT molecular complexity index is 374. The van der Waals surface area contributed by atoms with Gasteiger partial charge in [-0.3, -0.25) is 4.79 Å². The Morgan fingerprint density at radius 3 is 2.24 bits per heavy atom. The number of hydrogen-bond acceptors (Lipinski definition) is 3. The Hall–Kier alpha value is -0.613. The van der Waals surface area contributed by atoms with Crippen LogP contribution in [0.3, 0.4) is 0 Å². The van der Waals surface area contributed by atoms with Gasteiger partial charge in [-0.05, 0) is 50.2 Å². The smallest absolute Gasteiger partial charge is 0.312 e. The largest absolute Gasteiger partial charge is 0.469 e. The fraction of sp³-hybridized carbons (Fsp3) is 0.824. The van der Waals surface area contributed by atoms with Crippen LogP contribution in [0, 0.1) is 5.41 Å². The second-order valence-corrected chi connectivity index (χ2v) is 12.6. The van der Waals surface area contributed by atoms with Crippen molar-refractivity contribution in [2.75, 3.05) is 7.11 Å². The molecule has 1 aliphatic rings. The molecular weight excluding hydrogens is 280 g/mol. The SMILES string of the molecule is C=CCC1(C(=O)OC)CCC(O[Si](C)(C)C(C)(C)C)CC1. The van der Waals surface area contributed by atoms with Gasteiger partial charge >= 0.3 is 5.97 Å². The minimum atomic E-state index is -1.73. The van der Waals surface area contributed by atoms with E-state index in [2.05, 4.69) is 40.4 Å². The van der Waals surface area contributed by atoms with Gasteiger partial charge in [-0.15, -0.1) is 6.58 Å². The van der Waals surface area contributed by atoms with E-state index in [4.69, 9.17) is 9.16 Å². The quantitative estimate of drug-likeness (QED) is 0.420. The summed E-state index contributed by atoms with van der Waals surface area (Å²) in [7, 11) is -0.251. The van der Waals surface area contributed by atoms with Gasteiger partial charge in [0.1, 0.15) is 0 Å². The zero-order valence-corrected chi connectivity index (χ0v) is 15.6. The van der Waals surface area contributed by atoms with Gasteiger partial charge in [0, 0.05) is 6.10 Å². The molecule has 1 rings (SSSR count). The van der Waals surface area contributed by atoms with Crippen molar-refractivity contribution in [3.8, 4) is 0 Å². The Labute approximate surface area is 131 Å². The number of esters is 1. The van der Waals surface area contributed by atoms with E-state index >= 15 is 0 Å². The van der Waals surface area contributed by atoms with Crippen LogP contribution < -0.4 is 0 Å². The van der Waals surface area contributed by atoms with Crippen molar-refractivity contribution in [3.63, 3.8) is 0 Å². The van der Waals surface area contributed by atoms with E-state index in [9.17, 15) is 4.79 Å². The first-order valence-corrected chi connectivity index (χ1v) is 10.9. The van der Waals surface area contributed by atoms with E-state index in [1.54, 1.807) is 0 Å². The Balaban J connectivity index is 2.70. The zero-order valence-electron chi connectivity index (χ0n) is 14.6. The molecule has 21 heavy (non-hydrogen) atoms. The van der Waals surface area contributed by atoms with Crippen LogP contribution in [0.25, 0.3) is 0 Å². The summed E-state index contributed by atoms with van der Waals surface area (Å²) in [6.07, 6.45) is 6.38. The average Bonchev–Trinajstić information content (AvgIpc) is 2.39. The maximum Gasteiger partial charge on any atom is 0.312 e. The summed E-state index contributed by atoms with van der Waals surface area (Å²) in [4.78, 5) is 12.1. The van der Waals surface area contributed by atoms with E-state index in [1.165, 1.54) is 7.11 Å². The molecule has 1 saturated carbocycles. The number of carbonyl (C=O) groups is 1. The lowest BCUT2D eigenvalue weighted by Crippen LogP contribution is -2.46. The van der Waals surface area contributed by atoms with Gasteiger partial charge < -0.3 is 9.16 Å². The molecule has 0 aromatic heterocycles. The summed E-state index contributed by atoms with van der Waals surface area (Å²) in [6.45, 7) is 15.2. The molecule has 4 heteroatoms. The summed E-state index contributed by atoms with van der Waals surface area (Å²) < 4.78 is 11.5. The fourth-order valence-corrected chi connectivity index (χ4v) is 4.26. The van der Waals surface area contributed by atoms with Gasteiger partial charge in [-0.2, -0.15) is 0 Å². The van der Waals surface area contributed by atoms with Crippen LogP contribution in [-0.4, -0.2) is 27.5 Å². The fourth-order valence-electron chi connectivity index (χ4n) is 2.84. The standard InChI is InChI=1S/C17H32O3Si/c1-8-11-17(15(18)19-5)12-9-14(10-13-17)20-21(6,7)16(2,3)4/h8,14H,1,9-13H2,2-7H3. The van der Waals surface area contributed by atoms with Gasteiger partial charge in [0.15, 0.2) is 8.32 Å². The van der Waals surface area contributed by atoms with Crippen molar-refractivity contribution in [2.24, 2.45) is 5.41 Å². The van der Waals surface area contributed by atoms with Crippen LogP contribution in [0.1, 0.15) is 52.9 Å². The molecule has 0 saturated heterocycles. The molecular formula is C17H32O3Si. The molecule has 0 amide bonds. The van der Waals surface area contributed by atoms with Crippen LogP contribution in [0.15, 0.2) is 12.7 Å². The van der Waals surface area contributed by atoms with Crippen LogP contribution in [0.5, 0.6) is 0 Å². The lowest BCUT2D eigenvalue weighted by Gasteiger charge is -2.43. The number of methoxy groups -OCH3 is 1. The van der Waals surface area contributed by atoms with Gasteiger partial charge in [-0.25, -0.2) is 0 Å². The molecule has 0 aromatic rings. The molecule has 3 nitrogen and oxygen atoms in total. The molecule has 1 aliphatic carbocycles. The first-order chi connectivity index (χ1) is 9.58. The normalized spacial score (nSPS) is 27.2. The first kappa shape index (κ1) is 18.4. The van der Waals surface area contributed by atoms with Gasteiger partial charge in [-0.1, -0.05) is 26.8 Å². The topological polar surface area (TPSA) is 35.5 Å². The molecule has 0 N–H and O–H groups in total. The summed E-state index contributed by atoms with van der Waals surface area (Å²) in [5.41, 5.74) is -0.371. The van der Waals surface area contributed by atoms with E-state index in [1.807, 2.05) is 6.08 Å². The zero-order chi connectivity index (χ0) is 16.3. The molecule has 1 fully saturated rings. The highest BCUT2D eigenvalue weighted by molar-refractivity contribution is 6.74. The maximum atomic E-state index is 12.1. The molecule has 0 spiro atoms. The first-order valence-electron chi connectivity index (χ1n) is 7.95. The average molecular weight is 313 g/mol. The number of ether oxygens (including phenoxy) is 1. The van der Waals surface area contributed by atoms with Crippen LogP contribution in [-0.2, 0) is 14.0 Å². The van der Waals surface area contributed by atoms with Crippen LogP contribution in [0.2, 0.25) is 18.1 Å². The van der Waals surface area contributed by atoms with Gasteiger partial charge in [0.25, 0.3) is 0 Å². The van der Waals surface area contributed by atoms with Crippen molar-refractivity contribution in [3.05, 3.63) is 12.7 Å². The van der Waals surface area contributed by atoms with E-state index in [0.717, 1.165) is 25.7 Å². The Morgan fingerprint density at radius 2 is 1.86 bits per heavy atom. The molecule has 0 unspecified atom stereocenters. The minimum Gasteiger partial charge on any atom is -0.469 e. The summed E-state index contributed by atoms with van der Waals surface area (Å²) >= 11 is 0. The summed E-state index contributed by atoms with van der Waals surface area (Å²) in [6, 6.07) is 0. The van der Waals surface area contributed by atoms with Crippen molar-refractivity contribution in [1.82, 2.24) is 0 Å². The van der Waals surface area contributed by atoms with Crippen molar-refractivity contribution < 1.29 is 14.0 Å². The molecule has 0 radical (unpaired) electrons. The van der Waals surface area contributed by atoms with Gasteiger partial charge in [0.2, 0.25) is 0 Å². The number of hydrogen-bond donors (Lipinski definition) is 0. The maximum absolute atomic E-state index is 12.1. The van der Waals surface area contributed by atoms with E-state index in [0.29, 0.717) is 6.42 Å². The van der Waals surface area contributed by atoms with Gasteiger partial charge in [0.05, 0.1) is 12.5 Å². The second kappa shape index (κ2) is 6.65. The second-order valence-electron chi connectivity index (χ2n) is 7.84. The number of rotatable bonds is 5. The van der Waals surface area contributed by atoms with Crippen LogP contribution in [0.4, 0.5) is 0 Å². The lowest BCUT2D eigenvalue weighted by molar-refractivity contribution is -0.155.